The Hall–Kier alpha value is -0.115. The molecule has 5 N–H and O–H groups in total. The van der Waals surface area contributed by atoms with Crippen LogP contribution in [0.25, 0.3) is 0 Å². The minimum Gasteiger partial charge on any atom is -0.386 e. The number of rotatable bonds is 7. The standard InChI is InChI=1S/C7H13BFO12P3/c1-2-7(9)5(10)4(19-6(7)8)3-18-23(14,15)21-24(16,17)20-22(11,12)13/h1,4-6,10H,3,8H2,(H,14,15)(H,16,17)(H2,11,12,13)/t4-,5-,6-,7-/m1/s1. The summed E-state index contributed by atoms with van der Waals surface area (Å²) < 4.78 is 63.2. The summed E-state index contributed by atoms with van der Waals surface area (Å²) in [5.41, 5.74) is -2.59. The summed E-state index contributed by atoms with van der Waals surface area (Å²) in [4.78, 5) is 34.9. The molecule has 24 heavy (non-hydrogen) atoms. The van der Waals surface area contributed by atoms with Crippen molar-refractivity contribution >= 4 is 31.3 Å². The molecule has 1 rings (SSSR count). The monoisotopic (exact) mass is 412 g/mol. The van der Waals surface area contributed by atoms with Crippen LogP contribution in [0.15, 0.2) is 0 Å². The van der Waals surface area contributed by atoms with Crippen molar-refractivity contribution in [1.82, 2.24) is 0 Å². The van der Waals surface area contributed by atoms with Gasteiger partial charge < -0.3 is 29.4 Å². The molecule has 0 aliphatic carbocycles. The molecule has 0 aromatic carbocycles. The maximum Gasteiger partial charge on any atom is 0.490 e. The molecule has 1 aliphatic rings. The average molecular weight is 412 g/mol. The maximum atomic E-state index is 14.1. The summed E-state index contributed by atoms with van der Waals surface area (Å²) in [5.74, 6) is 1.68. The molecule has 0 spiro atoms. The van der Waals surface area contributed by atoms with Gasteiger partial charge in [0.05, 0.1) is 12.6 Å². The van der Waals surface area contributed by atoms with Crippen LogP contribution in [-0.4, -0.2) is 63.0 Å². The second kappa shape index (κ2) is 7.25. The van der Waals surface area contributed by atoms with Crippen LogP contribution in [0, 0.1) is 12.3 Å². The lowest BCUT2D eigenvalue weighted by Gasteiger charge is -2.21. The third-order valence-corrected chi connectivity index (χ3v) is 6.59. The smallest absolute Gasteiger partial charge is 0.386 e. The Morgan fingerprint density at radius 2 is 1.75 bits per heavy atom. The van der Waals surface area contributed by atoms with Crippen molar-refractivity contribution in [2.24, 2.45) is 0 Å². The highest BCUT2D eigenvalue weighted by molar-refractivity contribution is 7.66. The van der Waals surface area contributed by atoms with Gasteiger partial charge in [-0.2, -0.15) is 8.62 Å². The van der Waals surface area contributed by atoms with Gasteiger partial charge in [0.25, 0.3) is 0 Å². The van der Waals surface area contributed by atoms with Crippen molar-refractivity contribution in [3.8, 4) is 12.3 Å². The van der Waals surface area contributed by atoms with Crippen molar-refractivity contribution in [1.29, 1.82) is 0 Å². The van der Waals surface area contributed by atoms with E-state index in [0.29, 0.717) is 0 Å². The van der Waals surface area contributed by atoms with E-state index in [-0.39, 0.29) is 0 Å². The molecule has 0 aromatic heterocycles. The van der Waals surface area contributed by atoms with Crippen LogP contribution >= 0.6 is 23.5 Å². The van der Waals surface area contributed by atoms with E-state index in [1.54, 1.807) is 5.92 Å². The second-order valence-electron chi connectivity index (χ2n) is 4.56. The van der Waals surface area contributed by atoms with Crippen LogP contribution in [0.1, 0.15) is 0 Å². The molecular weight excluding hydrogens is 399 g/mol. The number of alkyl halides is 1. The van der Waals surface area contributed by atoms with E-state index in [4.69, 9.17) is 25.8 Å². The van der Waals surface area contributed by atoms with Crippen LogP contribution in [0.3, 0.4) is 0 Å². The zero-order chi connectivity index (χ0) is 19.0. The van der Waals surface area contributed by atoms with E-state index in [0.717, 1.165) is 0 Å². The fourth-order valence-corrected chi connectivity index (χ4v) is 4.78. The SMILES string of the molecule is B[C@@H]1O[C@H](COP(=O)(O)OP(=O)(O)OP(=O)(O)O)[C@@H](O)[C@]1(F)C#C. The lowest BCUT2D eigenvalue weighted by Crippen LogP contribution is -2.43. The van der Waals surface area contributed by atoms with Crippen LogP contribution in [0.2, 0.25) is 0 Å². The van der Waals surface area contributed by atoms with Crippen molar-refractivity contribution in [3.05, 3.63) is 0 Å². The van der Waals surface area contributed by atoms with E-state index in [9.17, 15) is 28.1 Å². The topological polar surface area (TPSA) is 189 Å². The Bertz CT molecular complexity index is 660. The van der Waals surface area contributed by atoms with Crippen molar-refractivity contribution in [3.63, 3.8) is 0 Å². The van der Waals surface area contributed by atoms with Gasteiger partial charge in [-0.3, -0.25) is 4.52 Å². The van der Waals surface area contributed by atoms with Crippen molar-refractivity contribution in [2.45, 2.75) is 23.9 Å². The summed E-state index contributed by atoms with van der Waals surface area (Å²) in [6, 6.07) is -1.29. The predicted molar refractivity (Wildman–Crippen MR) is 75.7 cm³/mol. The molecule has 1 aliphatic heterocycles. The molecule has 0 saturated carbocycles. The first-order valence-corrected chi connectivity index (χ1v) is 10.4. The molecular formula is C7H13BFO12P3. The first-order chi connectivity index (χ1) is 10.6. The summed E-state index contributed by atoms with van der Waals surface area (Å²) in [7, 11) is -15.4. The average Bonchev–Trinajstić information content (AvgIpc) is 2.57. The van der Waals surface area contributed by atoms with Gasteiger partial charge in [-0.1, -0.05) is 5.92 Å². The molecule has 17 heteroatoms. The Kier molecular flexibility index (Phi) is 6.62. The Morgan fingerprint density at radius 1 is 1.21 bits per heavy atom. The molecule has 2 unspecified atom stereocenters. The number of halogens is 1. The highest BCUT2D eigenvalue weighted by atomic mass is 31.3. The molecule has 0 radical (unpaired) electrons. The van der Waals surface area contributed by atoms with Gasteiger partial charge in [-0.25, -0.2) is 18.1 Å². The number of terminal acetylenes is 1. The molecule has 12 nitrogen and oxygen atoms in total. The number of aliphatic hydroxyl groups is 1. The minimum absolute atomic E-state index is 0.997. The Morgan fingerprint density at radius 3 is 2.17 bits per heavy atom. The lowest BCUT2D eigenvalue weighted by atomic mass is 9.82. The normalized spacial score (nSPS) is 35.8. The molecule has 1 heterocycles. The first-order valence-electron chi connectivity index (χ1n) is 5.90. The number of aliphatic hydroxyl groups excluding tert-OH is 1. The lowest BCUT2D eigenvalue weighted by molar-refractivity contribution is -0.00794. The van der Waals surface area contributed by atoms with Gasteiger partial charge in [0.2, 0.25) is 5.67 Å². The Labute approximate surface area is 135 Å². The van der Waals surface area contributed by atoms with Crippen LogP contribution < -0.4 is 0 Å². The molecule has 6 atom stereocenters. The second-order valence-corrected chi connectivity index (χ2v) is 8.98. The third kappa shape index (κ3) is 5.71. The van der Waals surface area contributed by atoms with E-state index in [1.165, 1.54) is 7.85 Å². The maximum absolute atomic E-state index is 14.1. The molecule has 0 amide bonds. The third-order valence-electron chi connectivity index (χ3n) is 2.79. The highest BCUT2D eigenvalue weighted by Crippen LogP contribution is 2.66. The van der Waals surface area contributed by atoms with E-state index in [1.807, 2.05) is 0 Å². The molecule has 0 bridgehead atoms. The van der Waals surface area contributed by atoms with Gasteiger partial charge in [0.1, 0.15) is 20.1 Å². The summed E-state index contributed by atoms with van der Waals surface area (Å²) in [5, 5.41) is 9.69. The van der Waals surface area contributed by atoms with Crippen LogP contribution in [-0.2, 0) is 31.6 Å². The van der Waals surface area contributed by atoms with Gasteiger partial charge in [-0.05, 0) is 0 Å². The zero-order valence-electron chi connectivity index (χ0n) is 11.8. The zero-order valence-corrected chi connectivity index (χ0v) is 14.5. The summed E-state index contributed by atoms with van der Waals surface area (Å²) >= 11 is 0. The van der Waals surface area contributed by atoms with Crippen LogP contribution in [0.4, 0.5) is 4.39 Å². The molecule has 138 valence electrons. The van der Waals surface area contributed by atoms with E-state index >= 15 is 0 Å². The number of phosphoric ester groups is 1. The van der Waals surface area contributed by atoms with Gasteiger partial charge in [0, 0.05) is 0 Å². The number of hydrogen-bond acceptors (Lipinski definition) is 8. The number of hydrogen-bond donors (Lipinski definition) is 5. The van der Waals surface area contributed by atoms with Crippen molar-refractivity contribution in [2.75, 3.05) is 6.61 Å². The van der Waals surface area contributed by atoms with Gasteiger partial charge >= 0.3 is 23.5 Å². The van der Waals surface area contributed by atoms with Gasteiger partial charge in [0.15, 0.2) is 0 Å². The fourth-order valence-electron chi connectivity index (χ4n) is 1.75. The summed E-state index contributed by atoms with van der Waals surface area (Å²) in [6.45, 7) is -0.997. The van der Waals surface area contributed by atoms with Crippen molar-refractivity contribution < 1.29 is 60.6 Å². The highest BCUT2D eigenvalue weighted by Gasteiger charge is 2.54. The molecule has 1 saturated heterocycles. The van der Waals surface area contributed by atoms with E-state index < -0.39 is 54.0 Å². The largest absolute Gasteiger partial charge is 0.490 e. The number of ether oxygens (including phenoxy) is 1. The van der Waals surface area contributed by atoms with Gasteiger partial charge in [-0.15, -0.1) is 6.42 Å². The minimum atomic E-state index is -5.67. The van der Waals surface area contributed by atoms with Crippen LogP contribution in [0.5, 0.6) is 0 Å². The molecule has 1 fully saturated rings. The van der Waals surface area contributed by atoms with E-state index in [2.05, 4.69) is 13.1 Å². The quantitative estimate of drug-likeness (QED) is 0.183. The summed E-state index contributed by atoms with van der Waals surface area (Å²) in [6.07, 6.45) is 1.48. The predicted octanol–water partition coefficient (Wildman–Crippen LogP) is -1.61. The number of phosphoric acid groups is 3. The first kappa shape index (κ1) is 21.9. The fraction of sp³-hybridized carbons (Fsp3) is 0.714. The Balaban J connectivity index is 2.70. The molecule has 0 aromatic rings.